The van der Waals surface area contributed by atoms with Crippen molar-refractivity contribution in [1.29, 1.82) is 0 Å². The predicted molar refractivity (Wildman–Crippen MR) is 84.3 cm³/mol. The number of ether oxygens (including phenoxy) is 1. The lowest BCUT2D eigenvalue weighted by molar-refractivity contribution is 0.416. The number of benzene rings is 1. The maximum absolute atomic E-state index is 11.3. The molecule has 0 saturated heterocycles. The number of hydrogen-bond acceptors (Lipinski definition) is 5. The van der Waals surface area contributed by atoms with Crippen LogP contribution in [0.25, 0.3) is 22.4 Å². The monoisotopic (exact) mass is 318 g/mol. The number of nitrogens with one attached hydrogen (secondary N) is 2. The number of aromatic amines is 1. The SMILES string of the molecule is COc1cc(NS(C)(=O)=O)ccc1-c1nc2cnccc2[nH]1. The molecule has 3 aromatic rings. The highest BCUT2D eigenvalue weighted by molar-refractivity contribution is 7.92. The van der Waals surface area contributed by atoms with Gasteiger partial charge in [-0.05, 0) is 18.2 Å². The zero-order chi connectivity index (χ0) is 15.7. The minimum absolute atomic E-state index is 0.431. The fourth-order valence-electron chi connectivity index (χ4n) is 2.15. The molecule has 0 aliphatic heterocycles. The molecule has 2 aromatic heterocycles. The molecule has 0 amide bonds. The molecule has 0 unspecified atom stereocenters. The zero-order valence-electron chi connectivity index (χ0n) is 12.0. The van der Waals surface area contributed by atoms with Crippen LogP contribution >= 0.6 is 0 Å². The van der Waals surface area contributed by atoms with E-state index in [4.69, 9.17) is 4.74 Å². The Balaban J connectivity index is 2.06. The van der Waals surface area contributed by atoms with Crippen LogP contribution in [-0.2, 0) is 10.0 Å². The molecule has 22 heavy (non-hydrogen) atoms. The molecule has 114 valence electrons. The third-order valence-corrected chi connectivity index (χ3v) is 3.65. The summed E-state index contributed by atoms with van der Waals surface area (Å²) in [5.74, 6) is 1.14. The summed E-state index contributed by atoms with van der Waals surface area (Å²) in [4.78, 5) is 11.7. The first-order chi connectivity index (χ1) is 10.5. The fraction of sp³-hybridized carbons (Fsp3) is 0.143. The second-order valence-corrected chi connectivity index (χ2v) is 6.52. The maximum Gasteiger partial charge on any atom is 0.229 e. The summed E-state index contributed by atoms with van der Waals surface area (Å²) in [7, 11) is -1.82. The van der Waals surface area contributed by atoms with Crippen molar-refractivity contribution in [3.8, 4) is 17.1 Å². The maximum atomic E-state index is 11.3. The lowest BCUT2D eigenvalue weighted by Crippen LogP contribution is -2.09. The van der Waals surface area contributed by atoms with Gasteiger partial charge in [-0.2, -0.15) is 0 Å². The number of rotatable bonds is 4. The molecule has 0 bridgehead atoms. The van der Waals surface area contributed by atoms with E-state index in [0.717, 1.165) is 22.9 Å². The van der Waals surface area contributed by atoms with Crippen molar-refractivity contribution in [2.75, 3.05) is 18.1 Å². The number of hydrogen-bond donors (Lipinski definition) is 2. The summed E-state index contributed by atoms with van der Waals surface area (Å²) in [5, 5.41) is 0. The highest BCUT2D eigenvalue weighted by Gasteiger charge is 2.12. The van der Waals surface area contributed by atoms with E-state index in [2.05, 4.69) is 19.7 Å². The van der Waals surface area contributed by atoms with Crippen LogP contribution in [0.3, 0.4) is 0 Å². The van der Waals surface area contributed by atoms with Gasteiger partial charge in [-0.25, -0.2) is 13.4 Å². The van der Waals surface area contributed by atoms with Crippen LogP contribution in [0.15, 0.2) is 36.7 Å². The van der Waals surface area contributed by atoms with Crippen LogP contribution in [0.5, 0.6) is 5.75 Å². The smallest absolute Gasteiger partial charge is 0.229 e. The van der Waals surface area contributed by atoms with Gasteiger partial charge < -0.3 is 9.72 Å². The number of sulfonamides is 1. The molecule has 1 aromatic carbocycles. The molecule has 2 heterocycles. The van der Waals surface area contributed by atoms with Crippen LogP contribution in [0.1, 0.15) is 0 Å². The summed E-state index contributed by atoms with van der Waals surface area (Å²) < 4.78 is 30.3. The van der Waals surface area contributed by atoms with Crippen molar-refractivity contribution < 1.29 is 13.2 Å². The van der Waals surface area contributed by atoms with E-state index in [1.165, 1.54) is 7.11 Å². The average molecular weight is 318 g/mol. The minimum atomic E-state index is -3.34. The van der Waals surface area contributed by atoms with Crippen molar-refractivity contribution in [3.63, 3.8) is 0 Å². The van der Waals surface area contributed by atoms with Gasteiger partial charge in [-0.3, -0.25) is 9.71 Å². The standard InChI is InChI=1S/C14H14N4O3S/c1-21-13-7-9(18-22(2,19)20)3-4-10(13)14-16-11-5-6-15-8-12(11)17-14/h3-8,18H,1-2H3,(H,16,17). The summed E-state index contributed by atoms with van der Waals surface area (Å²) in [6.07, 6.45) is 4.45. The van der Waals surface area contributed by atoms with Crippen molar-refractivity contribution in [1.82, 2.24) is 15.0 Å². The molecule has 8 heteroatoms. The molecule has 0 aliphatic rings. The number of H-pyrrole nitrogens is 1. The van der Waals surface area contributed by atoms with E-state index in [9.17, 15) is 8.42 Å². The number of pyridine rings is 1. The Bertz CT molecular complexity index is 901. The molecule has 0 radical (unpaired) electrons. The van der Waals surface area contributed by atoms with Crippen molar-refractivity contribution in [3.05, 3.63) is 36.7 Å². The van der Waals surface area contributed by atoms with Crippen LogP contribution in [0.4, 0.5) is 5.69 Å². The normalized spacial score (nSPS) is 11.5. The Labute approximate surface area is 127 Å². The number of fused-ring (bicyclic) bond motifs is 1. The third kappa shape index (κ3) is 2.86. The van der Waals surface area contributed by atoms with Gasteiger partial charge in [0.1, 0.15) is 17.1 Å². The zero-order valence-corrected chi connectivity index (χ0v) is 12.8. The van der Waals surface area contributed by atoms with Crippen LogP contribution < -0.4 is 9.46 Å². The summed E-state index contributed by atoms with van der Waals surface area (Å²) in [5.41, 5.74) is 2.78. The average Bonchev–Trinajstić information content (AvgIpc) is 2.89. The van der Waals surface area contributed by atoms with Gasteiger partial charge >= 0.3 is 0 Å². The first-order valence-electron chi connectivity index (χ1n) is 6.42. The van der Waals surface area contributed by atoms with E-state index < -0.39 is 10.0 Å². The second-order valence-electron chi connectivity index (χ2n) is 4.77. The molecular formula is C14H14N4O3S. The molecule has 0 aliphatic carbocycles. The quantitative estimate of drug-likeness (QED) is 0.767. The Kier molecular flexibility index (Phi) is 3.45. The van der Waals surface area contributed by atoms with Gasteiger partial charge in [0, 0.05) is 12.3 Å². The first-order valence-corrected chi connectivity index (χ1v) is 8.31. The van der Waals surface area contributed by atoms with Gasteiger partial charge in [0.05, 0.1) is 36.3 Å². The molecule has 7 nitrogen and oxygen atoms in total. The summed E-state index contributed by atoms with van der Waals surface area (Å²) >= 11 is 0. The molecule has 0 fully saturated rings. The summed E-state index contributed by atoms with van der Waals surface area (Å²) in [6, 6.07) is 6.85. The number of imidazole rings is 1. The van der Waals surface area contributed by atoms with E-state index in [1.807, 2.05) is 6.07 Å². The number of nitrogens with zero attached hydrogens (tertiary/aromatic N) is 2. The van der Waals surface area contributed by atoms with Crippen LogP contribution in [0, 0.1) is 0 Å². The molecular weight excluding hydrogens is 304 g/mol. The van der Waals surface area contributed by atoms with Crippen LogP contribution in [-0.4, -0.2) is 36.7 Å². The van der Waals surface area contributed by atoms with Crippen molar-refractivity contribution in [2.45, 2.75) is 0 Å². The lowest BCUT2D eigenvalue weighted by Gasteiger charge is -2.09. The molecule has 0 saturated carbocycles. The van der Waals surface area contributed by atoms with Gasteiger partial charge in [0.2, 0.25) is 10.0 Å². The van der Waals surface area contributed by atoms with E-state index >= 15 is 0 Å². The molecule has 0 spiro atoms. The van der Waals surface area contributed by atoms with Gasteiger partial charge in [-0.15, -0.1) is 0 Å². The highest BCUT2D eigenvalue weighted by atomic mass is 32.2. The number of methoxy groups -OCH3 is 1. The van der Waals surface area contributed by atoms with Crippen molar-refractivity contribution in [2.24, 2.45) is 0 Å². The topological polar surface area (TPSA) is 97.0 Å². The fourth-order valence-corrected chi connectivity index (χ4v) is 2.70. The molecule has 0 atom stereocenters. The first kappa shape index (κ1) is 14.3. The molecule has 3 rings (SSSR count). The number of aromatic nitrogens is 3. The summed E-state index contributed by atoms with van der Waals surface area (Å²) in [6.45, 7) is 0. The Hall–Kier alpha value is -2.61. The third-order valence-electron chi connectivity index (χ3n) is 3.05. The van der Waals surface area contributed by atoms with E-state index in [0.29, 0.717) is 17.3 Å². The van der Waals surface area contributed by atoms with Crippen molar-refractivity contribution >= 4 is 26.7 Å². The van der Waals surface area contributed by atoms with E-state index in [1.54, 1.807) is 30.6 Å². The Morgan fingerprint density at radius 3 is 2.77 bits per heavy atom. The van der Waals surface area contributed by atoms with Gasteiger partial charge in [0.15, 0.2) is 0 Å². The lowest BCUT2D eigenvalue weighted by atomic mass is 10.1. The minimum Gasteiger partial charge on any atom is -0.496 e. The van der Waals surface area contributed by atoms with Gasteiger partial charge in [0.25, 0.3) is 0 Å². The Morgan fingerprint density at radius 2 is 2.09 bits per heavy atom. The molecule has 2 N–H and O–H groups in total. The van der Waals surface area contributed by atoms with E-state index in [-0.39, 0.29) is 0 Å². The number of anilines is 1. The van der Waals surface area contributed by atoms with Crippen LogP contribution in [0.2, 0.25) is 0 Å². The highest BCUT2D eigenvalue weighted by Crippen LogP contribution is 2.32. The largest absolute Gasteiger partial charge is 0.496 e. The Morgan fingerprint density at radius 1 is 1.27 bits per heavy atom. The van der Waals surface area contributed by atoms with Gasteiger partial charge in [-0.1, -0.05) is 0 Å². The predicted octanol–water partition coefficient (Wildman–Crippen LogP) is 2.00. The second kappa shape index (κ2) is 5.30.